The van der Waals surface area contributed by atoms with Gasteiger partial charge in [-0.2, -0.15) is 0 Å². The summed E-state index contributed by atoms with van der Waals surface area (Å²) < 4.78 is 10.3. The Morgan fingerprint density at radius 1 is 1.35 bits per heavy atom. The van der Waals surface area contributed by atoms with E-state index in [-0.39, 0.29) is 0 Å². The number of carbonyl (C=O) groups excluding carboxylic acids is 1. The molecule has 0 aliphatic rings. The molecule has 0 heterocycles. The molecule has 1 amide bonds. The lowest BCUT2D eigenvalue weighted by atomic mass is 10.1. The van der Waals surface area contributed by atoms with Crippen molar-refractivity contribution in [3.63, 3.8) is 0 Å². The van der Waals surface area contributed by atoms with Crippen LogP contribution in [0, 0.1) is 12.3 Å². The van der Waals surface area contributed by atoms with Crippen LogP contribution in [0.15, 0.2) is 18.2 Å². The number of methoxy groups -OCH3 is 2. The number of rotatable bonds is 5. The Morgan fingerprint density at radius 2 is 2.06 bits per heavy atom. The lowest BCUT2D eigenvalue weighted by Gasteiger charge is -2.09. The summed E-state index contributed by atoms with van der Waals surface area (Å²) in [7, 11) is 3.17. The number of hydrogen-bond acceptors (Lipinski definition) is 3. The SMILES string of the molecule is C#CC(=O)NCCc1ccc(OC)c(OC)c1. The van der Waals surface area contributed by atoms with E-state index >= 15 is 0 Å². The van der Waals surface area contributed by atoms with E-state index in [1.54, 1.807) is 14.2 Å². The van der Waals surface area contributed by atoms with E-state index in [4.69, 9.17) is 15.9 Å². The van der Waals surface area contributed by atoms with E-state index in [1.807, 2.05) is 24.1 Å². The molecule has 0 radical (unpaired) electrons. The van der Waals surface area contributed by atoms with Gasteiger partial charge in [0.05, 0.1) is 14.2 Å². The molecule has 0 bridgehead atoms. The van der Waals surface area contributed by atoms with Gasteiger partial charge in [-0.25, -0.2) is 0 Å². The van der Waals surface area contributed by atoms with Crippen LogP contribution in [0.1, 0.15) is 5.56 Å². The summed E-state index contributed by atoms with van der Waals surface area (Å²) >= 11 is 0. The first kappa shape index (κ1) is 12.9. The molecule has 0 aliphatic heterocycles. The Balaban J connectivity index is 2.61. The van der Waals surface area contributed by atoms with Crippen LogP contribution >= 0.6 is 0 Å². The standard InChI is InChI=1S/C13H15NO3/c1-4-13(15)14-8-7-10-5-6-11(16-2)12(9-10)17-3/h1,5-6,9H,7-8H2,2-3H3,(H,14,15). The van der Waals surface area contributed by atoms with Gasteiger partial charge in [0.15, 0.2) is 11.5 Å². The van der Waals surface area contributed by atoms with Gasteiger partial charge in [0.1, 0.15) is 0 Å². The normalized spacial score (nSPS) is 9.24. The van der Waals surface area contributed by atoms with Gasteiger partial charge in [-0.15, -0.1) is 6.42 Å². The number of amides is 1. The third-order valence-corrected chi connectivity index (χ3v) is 2.28. The number of carbonyl (C=O) groups is 1. The van der Waals surface area contributed by atoms with Crippen LogP contribution in [0.4, 0.5) is 0 Å². The summed E-state index contributed by atoms with van der Waals surface area (Å²) in [5.41, 5.74) is 1.04. The van der Waals surface area contributed by atoms with E-state index < -0.39 is 5.91 Å². The average Bonchev–Trinajstić information content (AvgIpc) is 2.38. The number of hydrogen-bond donors (Lipinski definition) is 1. The van der Waals surface area contributed by atoms with Crippen molar-refractivity contribution < 1.29 is 14.3 Å². The molecule has 1 aromatic carbocycles. The molecule has 1 N–H and O–H groups in total. The van der Waals surface area contributed by atoms with Gasteiger partial charge in [0, 0.05) is 6.54 Å². The molecule has 0 fully saturated rings. The van der Waals surface area contributed by atoms with Crippen molar-refractivity contribution in [3.8, 4) is 23.8 Å². The van der Waals surface area contributed by atoms with Crippen molar-refractivity contribution >= 4 is 5.91 Å². The van der Waals surface area contributed by atoms with Gasteiger partial charge in [-0.3, -0.25) is 4.79 Å². The van der Waals surface area contributed by atoms with E-state index in [0.29, 0.717) is 24.5 Å². The van der Waals surface area contributed by atoms with Crippen molar-refractivity contribution in [1.29, 1.82) is 0 Å². The molecule has 4 heteroatoms. The minimum absolute atomic E-state index is 0.398. The second kappa shape index (κ2) is 6.44. The molecule has 0 aromatic heterocycles. The Kier molecular flexibility index (Phi) is 4.89. The Bertz CT molecular complexity index is 435. The van der Waals surface area contributed by atoms with Gasteiger partial charge in [-0.05, 0) is 30.0 Å². The van der Waals surface area contributed by atoms with Crippen LogP contribution in [0.5, 0.6) is 11.5 Å². The van der Waals surface area contributed by atoms with E-state index in [9.17, 15) is 4.79 Å². The second-order valence-electron chi connectivity index (χ2n) is 3.34. The van der Waals surface area contributed by atoms with Gasteiger partial charge in [0.2, 0.25) is 0 Å². The molecule has 17 heavy (non-hydrogen) atoms. The van der Waals surface area contributed by atoms with Gasteiger partial charge < -0.3 is 14.8 Å². The van der Waals surface area contributed by atoms with Crippen molar-refractivity contribution in [3.05, 3.63) is 23.8 Å². The third-order valence-electron chi connectivity index (χ3n) is 2.28. The fourth-order valence-electron chi connectivity index (χ4n) is 1.41. The quantitative estimate of drug-likeness (QED) is 0.772. The fourth-order valence-corrected chi connectivity index (χ4v) is 1.41. The van der Waals surface area contributed by atoms with Crippen LogP contribution in [-0.2, 0) is 11.2 Å². The predicted octanol–water partition coefficient (Wildman–Crippen LogP) is 0.996. The highest BCUT2D eigenvalue weighted by Gasteiger charge is 2.04. The van der Waals surface area contributed by atoms with Gasteiger partial charge >= 0.3 is 0 Å². The number of ether oxygens (including phenoxy) is 2. The smallest absolute Gasteiger partial charge is 0.295 e. The van der Waals surface area contributed by atoms with Crippen LogP contribution in [0.2, 0.25) is 0 Å². The largest absolute Gasteiger partial charge is 0.493 e. The highest BCUT2D eigenvalue weighted by molar-refractivity contribution is 5.92. The number of benzene rings is 1. The lowest BCUT2D eigenvalue weighted by molar-refractivity contribution is -0.115. The monoisotopic (exact) mass is 233 g/mol. The molecule has 0 aliphatic carbocycles. The summed E-state index contributed by atoms with van der Waals surface area (Å²) in [6.45, 7) is 0.499. The zero-order chi connectivity index (χ0) is 12.7. The third kappa shape index (κ3) is 3.72. The van der Waals surface area contributed by atoms with Crippen LogP contribution in [-0.4, -0.2) is 26.7 Å². The minimum atomic E-state index is -0.398. The molecular formula is C13H15NO3. The van der Waals surface area contributed by atoms with Crippen molar-refractivity contribution in [2.24, 2.45) is 0 Å². The maximum absolute atomic E-state index is 10.8. The number of terminal acetylenes is 1. The molecule has 0 spiro atoms. The van der Waals surface area contributed by atoms with E-state index in [2.05, 4.69) is 5.32 Å². The summed E-state index contributed by atoms with van der Waals surface area (Å²) in [6.07, 6.45) is 5.62. The Hall–Kier alpha value is -2.15. The Labute approximate surface area is 101 Å². The average molecular weight is 233 g/mol. The molecule has 0 atom stereocenters. The van der Waals surface area contributed by atoms with E-state index in [1.165, 1.54) is 0 Å². The number of nitrogens with one attached hydrogen (secondary N) is 1. The maximum atomic E-state index is 10.8. The maximum Gasteiger partial charge on any atom is 0.295 e. The predicted molar refractivity (Wildman–Crippen MR) is 65.1 cm³/mol. The highest BCUT2D eigenvalue weighted by Crippen LogP contribution is 2.27. The molecule has 0 saturated carbocycles. The summed E-state index contributed by atoms with van der Waals surface area (Å²) in [4.78, 5) is 10.8. The van der Waals surface area contributed by atoms with Crippen molar-refractivity contribution in [2.75, 3.05) is 20.8 Å². The zero-order valence-electron chi connectivity index (χ0n) is 9.95. The minimum Gasteiger partial charge on any atom is -0.493 e. The van der Waals surface area contributed by atoms with Gasteiger partial charge in [-0.1, -0.05) is 6.07 Å². The molecule has 90 valence electrons. The second-order valence-corrected chi connectivity index (χ2v) is 3.34. The molecular weight excluding hydrogens is 218 g/mol. The van der Waals surface area contributed by atoms with E-state index in [0.717, 1.165) is 5.56 Å². The molecule has 4 nitrogen and oxygen atoms in total. The zero-order valence-corrected chi connectivity index (χ0v) is 9.95. The Morgan fingerprint density at radius 3 is 2.65 bits per heavy atom. The van der Waals surface area contributed by atoms with Crippen molar-refractivity contribution in [1.82, 2.24) is 5.32 Å². The first-order chi connectivity index (χ1) is 8.21. The van der Waals surface area contributed by atoms with Crippen LogP contribution in [0.25, 0.3) is 0 Å². The molecule has 0 unspecified atom stereocenters. The molecule has 1 rings (SSSR count). The van der Waals surface area contributed by atoms with Crippen molar-refractivity contribution in [2.45, 2.75) is 6.42 Å². The summed E-state index contributed by atoms with van der Waals surface area (Å²) in [6, 6.07) is 5.63. The van der Waals surface area contributed by atoms with Crippen LogP contribution < -0.4 is 14.8 Å². The molecule has 0 saturated heterocycles. The first-order valence-electron chi connectivity index (χ1n) is 5.16. The lowest BCUT2D eigenvalue weighted by Crippen LogP contribution is -2.23. The van der Waals surface area contributed by atoms with Gasteiger partial charge in [0.25, 0.3) is 5.91 Å². The van der Waals surface area contributed by atoms with Crippen LogP contribution in [0.3, 0.4) is 0 Å². The topological polar surface area (TPSA) is 47.6 Å². The highest BCUT2D eigenvalue weighted by atomic mass is 16.5. The summed E-state index contributed by atoms with van der Waals surface area (Å²) in [5, 5.41) is 2.60. The molecule has 1 aromatic rings. The summed E-state index contributed by atoms with van der Waals surface area (Å²) in [5.74, 6) is 2.96. The first-order valence-corrected chi connectivity index (χ1v) is 5.16. The fraction of sp³-hybridized carbons (Fsp3) is 0.308.